The molecule has 2 heterocycles. The number of anilines is 1. The van der Waals surface area contributed by atoms with Crippen LogP contribution < -0.4 is 15.8 Å². The van der Waals surface area contributed by atoms with Crippen molar-refractivity contribution in [3.63, 3.8) is 0 Å². The normalized spacial score (nSPS) is 10.6. The van der Waals surface area contributed by atoms with Crippen molar-refractivity contribution < 1.29 is 18.7 Å². The molecule has 0 atom stereocenters. The first-order valence-electron chi connectivity index (χ1n) is 8.39. The Morgan fingerprint density at radius 3 is 2.86 bits per heavy atom. The van der Waals surface area contributed by atoms with Gasteiger partial charge in [0, 0.05) is 24.7 Å². The molecule has 0 aliphatic rings. The molecule has 0 fully saturated rings. The molecule has 0 aliphatic heterocycles. The zero-order chi connectivity index (χ0) is 19.9. The highest BCUT2D eigenvalue weighted by molar-refractivity contribution is 7.99. The van der Waals surface area contributed by atoms with Crippen LogP contribution in [0, 0.1) is 0 Å². The molecule has 0 saturated carbocycles. The van der Waals surface area contributed by atoms with E-state index >= 15 is 0 Å². The summed E-state index contributed by atoms with van der Waals surface area (Å²) in [4.78, 5) is 23.5. The van der Waals surface area contributed by atoms with Crippen molar-refractivity contribution in [1.29, 1.82) is 0 Å². The van der Waals surface area contributed by atoms with Gasteiger partial charge in [-0.25, -0.2) is 0 Å². The second-order valence-electron chi connectivity index (χ2n) is 5.72. The number of benzene rings is 1. The number of hydrogen-bond acceptors (Lipinski definition) is 7. The summed E-state index contributed by atoms with van der Waals surface area (Å²) in [6.45, 7) is 0.290. The Kier molecular flexibility index (Phi) is 6.33. The number of nitrogens with two attached hydrogens (primary N) is 1. The minimum absolute atomic E-state index is 0.115. The molecule has 0 spiro atoms. The van der Waals surface area contributed by atoms with Crippen LogP contribution in [-0.4, -0.2) is 39.4 Å². The number of hydrogen-bond donors (Lipinski definition) is 2. The first kappa shape index (κ1) is 19.5. The molecular formula is C18H19N5O4S. The van der Waals surface area contributed by atoms with Crippen molar-refractivity contribution in [2.75, 3.05) is 18.2 Å². The van der Waals surface area contributed by atoms with Crippen molar-refractivity contribution in [2.45, 2.75) is 18.1 Å². The molecular weight excluding hydrogens is 382 g/mol. The molecule has 3 aromatic rings. The highest BCUT2D eigenvalue weighted by Gasteiger charge is 2.18. The zero-order valence-corrected chi connectivity index (χ0v) is 15.9. The predicted molar refractivity (Wildman–Crippen MR) is 104 cm³/mol. The van der Waals surface area contributed by atoms with Crippen LogP contribution >= 0.6 is 11.8 Å². The molecule has 0 saturated heterocycles. The van der Waals surface area contributed by atoms with E-state index in [0.717, 1.165) is 0 Å². The fourth-order valence-electron chi connectivity index (χ4n) is 2.44. The van der Waals surface area contributed by atoms with E-state index in [4.69, 9.17) is 14.9 Å². The third kappa shape index (κ3) is 4.92. The number of rotatable bonds is 9. The van der Waals surface area contributed by atoms with Gasteiger partial charge >= 0.3 is 0 Å². The number of nitrogens with one attached hydrogen (secondary N) is 1. The Bertz CT molecular complexity index is 955. The topological polar surface area (TPSA) is 125 Å². The number of carbonyl (C=O) groups is 2. The van der Waals surface area contributed by atoms with E-state index in [9.17, 15) is 9.59 Å². The number of amides is 2. The standard InChI is InChI=1S/C18H19N5O4S/c1-26-13-5-2-4-12(10-13)20-16(25)11-28-18-22-21-17(14-6-3-9-27-14)23(18)8-7-15(19)24/h2-6,9-10H,7-8,11H2,1H3,(H2,19,24)(H,20,25). The quantitative estimate of drug-likeness (QED) is 0.526. The largest absolute Gasteiger partial charge is 0.497 e. The van der Waals surface area contributed by atoms with E-state index in [2.05, 4.69) is 15.5 Å². The molecule has 28 heavy (non-hydrogen) atoms. The summed E-state index contributed by atoms with van der Waals surface area (Å²) in [6, 6.07) is 10.6. The second kappa shape index (κ2) is 9.09. The van der Waals surface area contributed by atoms with Crippen molar-refractivity contribution in [2.24, 2.45) is 5.73 Å². The van der Waals surface area contributed by atoms with Crippen LogP contribution in [0.15, 0.2) is 52.2 Å². The van der Waals surface area contributed by atoms with Gasteiger partial charge < -0.3 is 20.2 Å². The predicted octanol–water partition coefficient (Wildman–Crippen LogP) is 2.15. The molecule has 10 heteroatoms. The number of carbonyl (C=O) groups excluding carboxylic acids is 2. The van der Waals surface area contributed by atoms with E-state index in [1.54, 1.807) is 48.1 Å². The molecule has 0 radical (unpaired) electrons. The smallest absolute Gasteiger partial charge is 0.234 e. The van der Waals surface area contributed by atoms with E-state index in [1.807, 2.05) is 0 Å². The fourth-order valence-corrected chi connectivity index (χ4v) is 3.20. The molecule has 9 nitrogen and oxygen atoms in total. The van der Waals surface area contributed by atoms with Gasteiger partial charge in [-0.05, 0) is 24.3 Å². The second-order valence-corrected chi connectivity index (χ2v) is 6.66. The number of furan rings is 1. The van der Waals surface area contributed by atoms with Gasteiger partial charge in [0.1, 0.15) is 5.75 Å². The molecule has 3 N–H and O–H groups in total. The molecule has 3 rings (SSSR count). The molecule has 0 bridgehead atoms. The highest BCUT2D eigenvalue weighted by atomic mass is 32.2. The van der Waals surface area contributed by atoms with Gasteiger partial charge in [0.05, 0.1) is 19.1 Å². The number of methoxy groups -OCH3 is 1. The number of thioether (sulfide) groups is 1. The van der Waals surface area contributed by atoms with Crippen molar-refractivity contribution >= 4 is 29.3 Å². The lowest BCUT2D eigenvalue weighted by molar-refractivity contribution is -0.118. The highest BCUT2D eigenvalue weighted by Crippen LogP contribution is 2.25. The number of primary amides is 1. The van der Waals surface area contributed by atoms with Crippen LogP contribution in [0.1, 0.15) is 6.42 Å². The molecule has 2 amide bonds. The number of aromatic nitrogens is 3. The van der Waals surface area contributed by atoms with Crippen LogP contribution in [-0.2, 0) is 16.1 Å². The lowest BCUT2D eigenvalue weighted by Gasteiger charge is -2.09. The maximum atomic E-state index is 12.3. The first-order valence-corrected chi connectivity index (χ1v) is 9.37. The van der Waals surface area contributed by atoms with E-state index in [1.165, 1.54) is 18.0 Å². The lowest BCUT2D eigenvalue weighted by Crippen LogP contribution is -2.16. The van der Waals surface area contributed by atoms with Gasteiger partial charge in [0.15, 0.2) is 16.7 Å². The van der Waals surface area contributed by atoms with Crippen molar-refractivity contribution in [3.05, 3.63) is 42.7 Å². The average Bonchev–Trinajstić information content (AvgIpc) is 3.34. The Balaban J connectivity index is 1.69. The molecule has 2 aromatic heterocycles. The minimum atomic E-state index is -0.439. The summed E-state index contributed by atoms with van der Waals surface area (Å²) in [5.74, 6) is 1.11. The van der Waals surface area contributed by atoms with Gasteiger partial charge in [-0.2, -0.15) is 0 Å². The maximum Gasteiger partial charge on any atom is 0.234 e. The summed E-state index contributed by atoms with van der Waals surface area (Å²) in [6.07, 6.45) is 1.64. The minimum Gasteiger partial charge on any atom is -0.497 e. The Labute approximate surface area is 165 Å². The average molecular weight is 401 g/mol. The van der Waals surface area contributed by atoms with Gasteiger partial charge in [-0.15, -0.1) is 10.2 Å². The third-order valence-corrected chi connectivity index (χ3v) is 4.69. The SMILES string of the molecule is COc1cccc(NC(=O)CSc2nnc(-c3ccco3)n2CCC(N)=O)c1. The van der Waals surface area contributed by atoms with Crippen LogP contribution in [0.5, 0.6) is 5.75 Å². The zero-order valence-electron chi connectivity index (χ0n) is 15.1. The monoisotopic (exact) mass is 401 g/mol. The number of ether oxygens (including phenoxy) is 1. The first-order chi connectivity index (χ1) is 13.6. The van der Waals surface area contributed by atoms with Gasteiger partial charge in [0.2, 0.25) is 11.8 Å². The van der Waals surface area contributed by atoms with Gasteiger partial charge in [0.25, 0.3) is 0 Å². The third-order valence-electron chi connectivity index (χ3n) is 3.73. The Morgan fingerprint density at radius 1 is 1.29 bits per heavy atom. The van der Waals surface area contributed by atoms with E-state index < -0.39 is 5.91 Å². The van der Waals surface area contributed by atoms with Gasteiger partial charge in [-0.1, -0.05) is 17.8 Å². The summed E-state index contributed by atoms with van der Waals surface area (Å²) in [5.41, 5.74) is 5.90. The number of nitrogens with zero attached hydrogens (tertiary/aromatic N) is 3. The van der Waals surface area contributed by atoms with Crippen molar-refractivity contribution in [3.8, 4) is 17.3 Å². The fraction of sp³-hybridized carbons (Fsp3) is 0.222. The molecule has 1 aromatic carbocycles. The summed E-state index contributed by atoms with van der Waals surface area (Å²) in [7, 11) is 1.56. The maximum absolute atomic E-state index is 12.3. The van der Waals surface area contributed by atoms with E-state index in [0.29, 0.717) is 28.2 Å². The molecule has 146 valence electrons. The van der Waals surface area contributed by atoms with Crippen LogP contribution in [0.4, 0.5) is 5.69 Å². The van der Waals surface area contributed by atoms with Gasteiger partial charge in [-0.3, -0.25) is 14.2 Å². The van der Waals surface area contributed by atoms with E-state index in [-0.39, 0.29) is 24.6 Å². The summed E-state index contributed by atoms with van der Waals surface area (Å²) < 4.78 is 12.2. The van der Waals surface area contributed by atoms with Crippen LogP contribution in [0.2, 0.25) is 0 Å². The lowest BCUT2D eigenvalue weighted by atomic mass is 10.3. The van der Waals surface area contributed by atoms with Crippen LogP contribution in [0.25, 0.3) is 11.6 Å². The van der Waals surface area contributed by atoms with Crippen molar-refractivity contribution in [1.82, 2.24) is 14.8 Å². The Hall–Kier alpha value is -3.27. The summed E-state index contributed by atoms with van der Waals surface area (Å²) >= 11 is 1.21. The Morgan fingerprint density at radius 2 is 2.14 bits per heavy atom. The van der Waals surface area contributed by atoms with Crippen LogP contribution in [0.3, 0.4) is 0 Å². The summed E-state index contributed by atoms with van der Waals surface area (Å²) in [5, 5.41) is 11.5. The molecule has 0 unspecified atom stereocenters. The molecule has 0 aliphatic carbocycles.